The number of carbonyl (C=O) groups is 1. The van der Waals surface area contributed by atoms with Crippen molar-refractivity contribution in [2.45, 2.75) is 13.8 Å². The van der Waals surface area contributed by atoms with Gasteiger partial charge in [-0.2, -0.15) is 5.26 Å². The van der Waals surface area contributed by atoms with Gasteiger partial charge < -0.3 is 5.11 Å². The summed E-state index contributed by atoms with van der Waals surface area (Å²) < 4.78 is 0. The SMILES string of the molecule is C=C(C)C(=O)O.C=CC#N.C=CC=C.CC=Cc1ccccc1. The first-order valence-corrected chi connectivity index (χ1v) is 6.71. The second-order valence-corrected chi connectivity index (χ2v) is 3.80. The van der Waals surface area contributed by atoms with Crippen LogP contribution >= 0.6 is 0 Å². The fraction of sp³-hybridized carbons (Fsp3) is 0.100. The smallest absolute Gasteiger partial charge is 0.330 e. The topological polar surface area (TPSA) is 61.1 Å². The number of nitrogens with zero attached hydrogens (tertiary/aromatic N) is 1. The molecule has 0 aliphatic rings. The van der Waals surface area contributed by atoms with Crippen molar-refractivity contribution in [2.24, 2.45) is 0 Å². The van der Waals surface area contributed by atoms with Gasteiger partial charge in [0.15, 0.2) is 0 Å². The lowest BCUT2D eigenvalue weighted by Crippen LogP contribution is -1.92. The number of carboxylic acid groups (broad SMARTS) is 1. The monoisotopic (exact) mass is 311 g/mol. The van der Waals surface area contributed by atoms with E-state index in [9.17, 15) is 4.79 Å². The van der Waals surface area contributed by atoms with Crippen molar-refractivity contribution in [1.82, 2.24) is 0 Å². The number of aliphatic carboxylic acids is 1. The highest BCUT2D eigenvalue weighted by atomic mass is 16.4. The third kappa shape index (κ3) is 27.9. The fourth-order valence-corrected chi connectivity index (χ4v) is 0.757. The molecular weight excluding hydrogens is 286 g/mol. The van der Waals surface area contributed by atoms with Crippen LogP contribution in [-0.2, 0) is 4.79 Å². The quantitative estimate of drug-likeness (QED) is 0.460. The minimum Gasteiger partial charge on any atom is -0.478 e. The first kappa shape index (κ1) is 24.9. The molecule has 1 aromatic carbocycles. The van der Waals surface area contributed by atoms with Crippen molar-refractivity contribution in [3.8, 4) is 6.07 Å². The molecule has 0 heterocycles. The number of allylic oxidation sites excluding steroid dienone is 4. The molecule has 0 bridgehead atoms. The van der Waals surface area contributed by atoms with E-state index >= 15 is 0 Å². The molecule has 1 rings (SSSR count). The molecule has 0 saturated carbocycles. The molecule has 0 spiro atoms. The van der Waals surface area contributed by atoms with Crippen LogP contribution in [0.3, 0.4) is 0 Å². The number of rotatable bonds is 3. The van der Waals surface area contributed by atoms with E-state index in [0.717, 1.165) is 0 Å². The lowest BCUT2D eigenvalue weighted by Gasteiger charge is -1.86. The summed E-state index contributed by atoms with van der Waals surface area (Å²) >= 11 is 0. The summed E-state index contributed by atoms with van der Waals surface area (Å²) in [7, 11) is 0. The Labute approximate surface area is 139 Å². The zero-order chi connectivity index (χ0) is 18.5. The number of benzene rings is 1. The van der Waals surface area contributed by atoms with Gasteiger partial charge in [0, 0.05) is 11.6 Å². The maximum absolute atomic E-state index is 9.60. The summed E-state index contributed by atoms with van der Waals surface area (Å²) in [6, 6.07) is 12.0. The van der Waals surface area contributed by atoms with Crippen LogP contribution in [0.4, 0.5) is 0 Å². The lowest BCUT2D eigenvalue weighted by atomic mass is 10.2. The van der Waals surface area contributed by atoms with Crippen molar-refractivity contribution in [1.29, 1.82) is 5.26 Å². The second-order valence-electron chi connectivity index (χ2n) is 3.80. The van der Waals surface area contributed by atoms with Gasteiger partial charge in [0.25, 0.3) is 0 Å². The standard InChI is InChI=1S/C9H10.C4H6O2.C4H6.C3H3N/c1-2-6-9-7-4-3-5-8-9;1-3(2)4(5)6;1-3-4-2;1-2-3-4/h2-8H,1H3;1H2,2H3,(H,5,6);3-4H,1-2H2;2H,1H2. The number of hydrogen-bond acceptors (Lipinski definition) is 2. The Bertz CT molecular complexity index is 517. The van der Waals surface area contributed by atoms with Gasteiger partial charge in [-0.3, -0.25) is 0 Å². The van der Waals surface area contributed by atoms with Crippen molar-refractivity contribution < 1.29 is 9.90 Å². The molecule has 0 aliphatic carbocycles. The first-order chi connectivity index (χ1) is 10.9. The summed E-state index contributed by atoms with van der Waals surface area (Å²) in [5.74, 6) is -0.935. The Kier molecular flexibility index (Phi) is 22.9. The van der Waals surface area contributed by atoms with Crippen molar-refractivity contribution in [3.63, 3.8) is 0 Å². The molecule has 1 aromatic rings. The normalized spacial score (nSPS) is 7.52. The maximum atomic E-state index is 9.60. The molecule has 1 N–H and O–H groups in total. The Morgan fingerprint density at radius 2 is 1.57 bits per heavy atom. The second kappa shape index (κ2) is 21.2. The van der Waals surface area contributed by atoms with Crippen LogP contribution in [0.1, 0.15) is 19.4 Å². The van der Waals surface area contributed by atoms with E-state index in [4.69, 9.17) is 10.4 Å². The van der Waals surface area contributed by atoms with Gasteiger partial charge in [-0.1, -0.05) is 81.0 Å². The molecular formula is C20H25NO2. The van der Waals surface area contributed by atoms with Crippen LogP contribution in [0, 0.1) is 11.3 Å². The van der Waals surface area contributed by atoms with Gasteiger partial charge in [0.05, 0.1) is 6.07 Å². The molecule has 0 aromatic heterocycles. The molecule has 0 saturated heterocycles. The molecule has 0 amide bonds. The highest BCUT2D eigenvalue weighted by Gasteiger charge is 1.90. The molecule has 3 heteroatoms. The van der Waals surface area contributed by atoms with Crippen LogP contribution in [0.5, 0.6) is 0 Å². The highest BCUT2D eigenvalue weighted by Crippen LogP contribution is 1.99. The molecule has 0 unspecified atom stereocenters. The summed E-state index contributed by atoms with van der Waals surface area (Å²) in [4.78, 5) is 9.60. The Morgan fingerprint density at radius 1 is 1.17 bits per heavy atom. The Balaban J connectivity index is -0.000000251. The van der Waals surface area contributed by atoms with Crippen molar-refractivity contribution >= 4 is 12.0 Å². The summed E-state index contributed by atoms with van der Waals surface area (Å²) in [6.07, 6.45) is 8.58. The van der Waals surface area contributed by atoms with E-state index in [0.29, 0.717) is 0 Å². The minimum absolute atomic E-state index is 0.176. The van der Waals surface area contributed by atoms with Crippen LogP contribution in [0.2, 0.25) is 0 Å². The fourth-order valence-electron chi connectivity index (χ4n) is 0.757. The molecule has 0 atom stereocenters. The van der Waals surface area contributed by atoms with Crippen molar-refractivity contribution in [3.05, 3.63) is 92.1 Å². The predicted molar refractivity (Wildman–Crippen MR) is 99.8 cm³/mol. The first-order valence-electron chi connectivity index (χ1n) is 6.71. The zero-order valence-corrected chi connectivity index (χ0v) is 13.9. The van der Waals surface area contributed by atoms with Crippen LogP contribution in [0.15, 0.2) is 86.5 Å². The van der Waals surface area contributed by atoms with Crippen LogP contribution < -0.4 is 0 Å². The van der Waals surface area contributed by atoms with Crippen LogP contribution in [0.25, 0.3) is 6.08 Å². The van der Waals surface area contributed by atoms with Gasteiger partial charge in [-0.25, -0.2) is 4.79 Å². The van der Waals surface area contributed by atoms with Gasteiger partial charge >= 0.3 is 5.97 Å². The average molecular weight is 311 g/mol. The lowest BCUT2D eigenvalue weighted by molar-refractivity contribution is -0.132. The largest absolute Gasteiger partial charge is 0.478 e. The summed E-state index contributed by atoms with van der Waals surface area (Å²) in [5.41, 5.74) is 1.44. The highest BCUT2D eigenvalue weighted by molar-refractivity contribution is 5.84. The van der Waals surface area contributed by atoms with Crippen LogP contribution in [-0.4, -0.2) is 11.1 Å². The van der Waals surface area contributed by atoms with E-state index in [1.165, 1.54) is 18.6 Å². The molecule has 3 nitrogen and oxygen atoms in total. The molecule has 0 fully saturated rings. The molecule has 0 aliphatic heterocycles. The van der Waals surface area contributed by atoms with E-state index in [2.05, 4.69) is 44.5 Å². The third-order valence-corrected chi connectivity index (χ3v) is 1.78. The number of carboxylic acids is 1. The Morgan fingerprint density at radius 3 is 1.78 bits per heavy atom. The predicted octanol–water partition coefficient (Wildman–Crippen LogP) is 5.42. The zero-order valence-electron chi connectivity index (χ0n) is 13.9. The molecule has 23 heavy (non-hydrogen) atoms. The number of nitriles is 1. The van der Waals surface area contributed by atoms with E-state index in [-0.39, 0.29) is 5.57 Å². The van der Waals surface area contributed by atoms with E-state index in [1.54, 1.807) is 18.2 Å². The van der Waals surface area contributed by atoms with Gasteiger partial charge in [-0.05, 0) is 19.4 Å². The Hall–Kier alpha value is -3.12. The van der Waals surface area contributed by atoms with E-state index in [1.807, 2.05) is 31.2 Å². The third-order valence-electron chi connectivity index (χ3n) is 1.78. The summed E-state index contributed by atoms with van der Waals surface area (Å²) in [6.45, 7) is 16.5. The molecule has 0 radical (unpaired) electrons. The maximum Gasteiger partial charge on any atom is 0.330 e. The minimum atomic E-state index is -0.935. The van der Waals surface area contributed by atoms with Gasteiger partial charge in [-0.15, -0.1) is 0 Å². The average Bonchev–Trinajstić information content (AvgIpc) is 2.57. The number of hydrogen-bond donors (Lipinski definition) is 1. The van der Waals surface area contributed by atoms with Crippen molar-refractivity contribution in [2.75, 3.05) is 0 Å². The van der Waals surface area contributed by atoms with Gasteiger partial charge in [0.1, 0.15) is 0 Å². The summed E-state index contributed by atoms with van der Waals surface area (Å²) in [5, 5.41) is 15.4. The molecule has 122 valence electrons. The van der Waals surface area contributed by atoms with Gasteiger partial charge in [0.2, 0.25) is 0 Å². The van der Waals surface area contributed by atoms with E-state index < -0.39 is 5.97 Å².